The summed E-state index contributed by atoms with van der Waals surface area (Å²) in [4.78, 5) is 0. The van der Waals surface area contributed by atoms with Crippen molar-refractivity contribution in [1.82, 2.24) is 0 Å². The van der Waals surface area contributed by atoms with E-state index in [9.17, 15) is 0 Å². The fraction of sp³-hybridized carbons (Fsp3) is 0. The first-order chi connectivity index (χ1) is 1.73. The standard InChI is InChI=1S/AsI3/c2-1(3)4/i1-3. The van der Waals surface area contributed by atoms with E-state index in [2.05, 4.69) is 60.4 Å². The molecular formula is AsI3. The number of hydrogen-bond acceptors (Lipinski definition) is 0. The van der Waals surface area contributed by atoms with Crippen molar-refractivity contribution in [1.29, 1.82) is 0 Å². The van der Waals surface area contributed by atoms with Crippen molar-refractivity contribution < 1.29 is 0 Å². The minimum absolute atomic E-state index is 0.278. The summed E-state index contributed by atoms with van der Waals surface area (Å²) in [7, 11) is 0. The maximum absolute atomic E-state index is 2.46. The van der Waals surface area contributed by atoms with Gasteiger partial charge in [0.05, 0.1) is 0 Å². The third-order valence-corrected chi connectivity index (χ3v) is 0. The Bertz CT molecular complexity index is 8.00. The van der Waals surface area contributed by atoms with E-state index in [1.807, 2.05) is 0 Å². The van der Waals surface area contributed by atoms with Crippen LogP contribution in [-0.2, 0) is 0 Å². The van der Waals surface area contributed by atoms with Crippen LogP contribution in [0.5, 0.6) is 0 Å². The molecule has 0 aromatic carbocycles. The molecule has 0 saturated carbocycles. The molecule has 0 atom stereocenters. The van der Waals surface area contributed by atoms with Crippen molar-refractivity contribution in [2.75, 3.05) is 0 Å². The topological polar surface area (TPSA) is 0 Å². The molecule has 0 fully saturated rings. The average Bonchev–Trinajstić information content (AvgIpc) is 0.811. The van der Waals surface area contributed by atoms with E-state index in [1.165, 1.54) is 0 Å². The van der Waals surface area contributed by atoms with Crippen molar-refractivity contribution in [3.05, 3.63) is 0 Å². The van der Waals surface area contributed by atoms with Crippen LogP contribution in [0, 0.1) is 0 Å². The molecule has 4 heavy (non-hydrogen) atoms. The van der Waals surface area contributed by atoms with Crippen LogP contribution in [0.1, 0.15) is 0 Å². The molecule has 0 radical (unpaired) electrons. The molecule has 0 aromatic rings. The summed E-state index contributed by atoms with van der Waals surface area (Å²) >= 11 is 7.39. The van der Waals surface area contributed by atoms with Crippen LogP contribution in [0.3, 0.4) is 0 Å². The molecule has 4 heteroatoms. The van der Waals surface area contributed by atoms with Crippen LogP contribution in [0.15, 0.2) is 0 Å². The first kappa shape index (κ1) is 6.75. The maximum atomic E-state index is 2.46. The molecule has 0 saturated heterocycles. The van der Waals surface area contributed by atoms with Crippen LogP contribution in [-0.4, -0.2) is 4.61 Å². The van der Waals surface area contributed by atoms with Crippen molar-refractivity contribution in [2.24, 2.45) is 0 Å². The second-order valence-electron chi connectivity index (χ2n) is 0.192. The molecule has 0 unspecified atom stereocenters. The van der Waals surface area contributed by atoms with Gasteiger partial charge in [-0.3, -0.25) is 0 Å². The molecule has 0 aliphatic rings. The first-order valence-electron chi connectivity index (χ1n) is 0.507. The van der Waals surface area contributed by atoms with Crippen LogP contribution in [0.2, 0.25) is 0 Å². The number of hydrogen-bond donors (Lipinski definition) is 0. The monoisotopic (exact) mass is 453 g/mol. The van der Waals surface area contributed by atoms with Crippen LogP contribution < -0.4 is 0 Å². The summed E-state index contributed by atoms with van der Waals surface area (Å²) in [6, 6.07) is 0. The fourth-order valence-corrected chi connectivity index (χ4v) is 0. The summed E-state index contributed by atoms with van der Waals surface area (Å²) < 4.78 is -0.278. The zero-order chi connectivity index (χ0) is 3.58. The van der Waals surface area contributed by atoms with E-state index in [-0.39, 0.29) is 4.61 Å². The minimum atomic E-state index is -0.278. The summed E-state index contributed by atoms with van der Waals surface area (Å²) in [5.74, 6) is 0. The zero-order valence-corrected chi connectivity index (χ0v) is 9.93. The van der Waals surface area contributed by atoms with Gasteiger partial charge >= 0.3 is 65.0 Å². The van der Waals surface area contributed by atoms with Crippen molar-refractivity contribution in [2.45, 2.75) is 0 Å². The third-order valence-electron chi connectivity index (χ3n) is 0. The predicted octanol–water partition coefficient (Wildman–Crippen LogP) is 2.28. The Balaban J connectivity index is 2.32. The molecule has 0 heterocycles. The second-order valence-corrected chi connectivity index (χ2v) is 44.8. The molecule has 0 spiro atoms. The average molecular weight is 453 g/mol. The Hall–Kier alpha value is 2.75. The summed E-state index contributed by atoms with van der Waals surface area (Å²) in [5, 5.41) is 0. The molecule has 0 aliphatic heterocycles. The third kappa shape index (κ3) is 8.83. The van der Waals surface area contributed by atoms with Gasteiger partial charge in [-0.2, -0.15) is 0 Å². The Labute approximate surface area is 63.3 Å². The molecule has 0 amide bonds. The van der Waals surface area contributed by atoms with Crippen LogP contribution >= 0.6 is 60.4 Å². The van der Waals surface area contributed by atoms with Gasteiger partial charge in [-0.05, 0) is 0 Å². The van der Waals surface area contributed by atoms with Crippen molar-refractivity contribution >= 4 is 65.0 Å². The van der Waals surface area contributed by atoms with Gasteiger partial charge in [0.25, 0.3) is 0 Å². The van der Waals surface area contributed by atoms with Crippen molar-refractivity contribution in [3.63, 3.8) is 0 Å². The molecule has 0 aliphatic carbocycles. The van der Waals surface area contributed by atoms with E-state index in [4.69, 9.17) is 0 Å². The fourth-order valence-electron chi connectivity index (χ4n) is 0. The van der Waals surface area contributed by atoms with E-state index >= 15 is 0 Å². The molecule has 0 bridgehead atoms. The summed E-state index contributed by atoms with van der Waals surface area (Å²) in [5.41, 5.74) is 0. The van der Waals surface area contributed by atoms with Gasteiger partial charge in [0.15, 0.2) is 0 Å². The van der Waals surface area contributed by atoms with Gasteiger partial charge in [-0.25, -0.2) is 0 Å². The normalized spacial score (nSPS) is 9.00. The van der Waals surface area contributed by atoms with Crippen molar-refractivity contribution in [3.8, 4) is 0 Å². The van der Waals surface area contributed by atoms with Gasteiger partial charge in [-0.15, -0.1) is 0 Å². The predicted molar refractivity (Wildman–Crippen MR) is 47.8 cm³/mol. The Kier molecular flexibility index (Phi) is 6.62. The molecular weight excluding hydrogens is 453 g/mol. The van der Waals surface area contributed by atoms with Gasteiger partial charge < -0.3 is 0 Å². The van der Waals surface area contributed by atoms with E-state index < -0.39 is 0 Å². The van der Waals surface area contributed by atoms with Gasteiger partial charge in [0.1, 0.15) is 0 Å². The molecule has 0 N–H and O–H groups in total. The van der Waals surface area contributed by atoms with E-state index in [0.29, 0.717) is 0 Å². The molecule has 0 aromatic heterocycles. The van der Waals surface area contributed by atoms with E-state index in [1.54, 1.807) is 0 Å². The quantitative estimate of drug-likeness (QED) is 0.391. The molecule has 26 valence electrons. The molecule has 0 nitrogen and oxygen atoms in total. The molecule has 0 rings (SSSR count). The Morgan fingerprint density at radius 3 is 1.00 bits per heavy atom. The Morgan fingerprint density at radius 2 is 1.00 bits per heavy atom. The second kappa shape index (κ2) is 3.92. The SMILES string of the molecule is I[72As](I)I. The van der Waals surface area contributed by atoms with Gasteiger partial charge in [0, 0.05) is 0 Å². The van der Waals surface area contributed by atoms with Crippen LogP contribution in [0.25, 0.3) is 0 Å². The zero-order valence-electron chi connectivity index (χ0n) is 1.58. The summed E-state index contributed by atoms with van der Waals surface area (Å²) in [6.07, 6.45) is 0. The van der Waals surface area contributed by atoms with Gasteiger partial charge in [-0.1, -0.05) is 0 Å². The number of halogens is 3. The Morgan fingerprint density at radius 1 is 1.00 bits per heavy atom. The summed E-state index contributed by atoms with van der Waals surface area (Å²) in [6.45, 7) is 0. The van der Waals surface area contributed by atoms with Gasteiger partial charge in [0.2, 0.25) is 0 Å². The first-order valence-corrected chi connectivity index (χ1v) is 17.7. The van der Waals surface area contributed by atoms with Crippen LogP contribution in [0.4, 0.5) is 0 Å². The van der Waals surface area contributed by atoms with E-state index in [0.717, 1.165) is 0 Å². The number of rotatable bonds is 0.